The highest BCUT2D eigenvalue weighted by atomic mass is 16.5. The second-order valence-corrected chi connectivity index (χ2v) is 7.41. The number of nitrogens with zero attached hydrogens (tertiary/aromatic N) is 1. The topological polar surface area (TPSA) is 60.3 Å². The van der Waals surface area contributed by atoms with E-state index < -0.39 is 0 Å². The van der Waals surface area contributed by atoms with Gasteiger partial charge in [0.1, 0.15) is 0 Å². The van der Waals surface area contributed by atoms with Gasteiger partial charge in [0.25, 0.3) is 5.56 Å². The molecule has 1 aliphatic heterocycles. The van der Waals surface area contributed by atoms with Crippen molar-refractivity contribution in [1.29, 1.82) is 0 Å². The summed E-state index contributed by atoms with van der Waals surface area (Å²) >= 11 is 0. The van der Waals surface area contributed by atoms with Crippen molar-refractivity contribution >= 4 is 11.6 Å². The number of hydrogen-bond donors (Lipinski definition) is 1. The van der Waals surface area contributed by atoms with Crippen LogP contribution in [-0.4, -0.2) is 16.6 Å². The standard InChI is InChI=1S/C21H24N2O3/c1-13-8-15(11-23(2)21(13)25)18-9-14-6-7-20(24)22-19(14)10-16(18)12-26-17-4-3-5-17/h8-11,17H,3-7,12H2,1-2H3,(H,22,24). The van der Waals surface area contributed by atoms with Crippen molar-refractivity contribution in [2.75, 3.05) is 5.32 Å². The molecule has 26 heavy (non-hydrogen) atoms. The van der Waals surface area contributed by atoms with Crippen molar-refractivity contribution in [3.8, 4) is 11.1 Å². The molecule has 0 atom stereocenters. The first-order valence-corrected chi connectivity index (χ1v) is 9.26. The van der Waals surface area contributed by atoms with Gasteiger partial charge in [0.15, 0.2) is 0 Å². The summed E-state index contributed by atoms with van der Waals surface area (Å²) < 4.78 is 7.67. The minimum Gasteiger partial charge on any atom is -0.374 e. The van der Waals surface area contributed by atoms with E-state index in [2.05, 4.69) is 11.4 Å². The summed E-state index contributed by atoms with van der Waals surface area (Å²) in [5.74, 6) is 0.0639. The molecule has 1 aliphatic carbocycles. The Hall–Kier alpha value is -2.40. The van der Waals surface area contributed by atoms with E-state index in [4.69, 9.17) is 4.74 Å². The zero-order valence-corrected chi connectivity index (χ0v) is 15.3. The third-order valence-corrected chi connectivity index (χ3v) is 5.42. The maximum Gasteiger partial charge on any atom is 0.253 e. The number of aromatic nitrogens is 1. The molecule has 1 fully saturated rings. The molecule has 1 aromatic heterocycles. The molecule has 0 radical (unpaired) electrons. The zero-order valence-electron chi connectivity index (χ0n) is 15.3. The third kappa shape index (κ3) is 3.19. The van der Waals surface area contributed by atoms with Crippen molar-refractivity contribution in [3.05, 3.63) is 51.4 Å². The van der Waals surface area contributed by atoms with E-state index >= 15 is 0 Å². The first-order chi connectivity index (χ1) is 12.5. The Kier molecular flexibility index (Phi) is 4.41. The van der Waals surface area contributed by atoms with Gasteiger partial charge in [0.2, 0.25) is 5.91 Å². The molecule has 1 aromatic carbocycles. The van der Waals surface area contributed by atoms with Crippen LogP contribution in [0.5, 0.6) is 0 Å². The van der Waals surface area contributed by atoms with E-state index in [9.17, 15) is 9.59 Å². The Labute approximate surface area is 153 Å². The van der Waals surface area contributed by atoms with Gasteiger partial charge in [-0.3, -0.25) is 9.59 Å². The van der Waals surface area contributed by atoms with Crippen LogP contribution in [0.1, 0.15) is 42.4 Å². The van der Waals surface area contributed by atoms with Gasteiger partial charge in [-0.05, 0) is 73.1 Å². The molecule has 0 spiro atoms. The van der Waals surface area contributed by atoms with Gasteiger partial charge >= 0.3 is 0 Å². The summed E-state index contributed by atoms with van der Waals surface area (Å²) in [4.78, 5) is 23.8. The number of anilines is 1. The lowest BCUT2D eigenvalue weighted by atomic mass is 9.92. The molecular weight excluding hydrogens is 328 g/mol. The van der Waals surface area contributed by atoms with Crippen LogP contribution < -0.4 is 10.9 Å². The first-order valence-electron chi connectivity index (χ1n) is 9.26. The summed E-state index contributed by atoms with van der Waals surface area (Å²) in [5, 5.41) is 2.98. The number of benzene rings is 1. The van der Waals surface area contributed by atoms with Crippen LogP contribution in [0, 0.1) is 6.92 Å². The second-order valence-electron chi connectivity index (χ2n) is 7.41. The van der Waals surface area contributed by atoms with Crippen molar-refractivity contribution in [3.63, 3.8) is 0 Å². The van der Waals surface area contributed by atoms with E-state index in [0.29, 0.717) is 19.1 Å². The fourth-order valence-corrected chi connectivity index (χ4v) is 3.63. The summed E-state index contributed by atoms with van der Waals surface area (Å²) in [6, 6.07) is 6.13. The highest BCUT2D eigenvalue weighted by molar-refractivity contribution is 5.94. The van der Waals surface area contributed by atoms with Crippen LogP contribution >= 0.6 is 0 Å². The Bertz CT molecular complexity index is 899. The van der Waals surface area contributed by atoms with Gasteiger partial charge in [-0.1, -0.05) is 0 Å². The lowest BCUT2D eigenvalue weighted by Crippen LogP contribution is -2.22. The molecule has 0 bridgehead atoms. The summed E-state index contributed by atoms with van der Waals surface area (Å²) in [5.41, 5.74) is 5.91. The predicted molar refractivity (Wildman–Crippen MR) is 101 cm³/mol. The highest BCUT2D eigenvalue weighted by Crippen LogP contribution is 2.34. The molecule has 5 heteroatoms. The second kappa shape index (κ2) is 6.72. The smallest absolute Gasteiger partial charge is 0.253 e. The van der Waals surface area contributed by atoms with Gasteiger partial charge < -0.3 is 14.6 Å². The number of amides is 1. The van der Waals surface area contributed by atoms with Crippen molar-refractivity contribution < 1.29 is 9.53 Å². The minimum atomic E-state index is 0.0197. The largest absolute Gasteiger partial charge is 0.374 e. The van der Waals surface area contributed by atoms with Gasteiger partial charge in [0.05, 0.1) is 12.7 Å². The molecule has 0 saturated heterocycles. The van der Waals surface area contributed by atoms with E-state index in [1.165, 1.54) is 6.42 Å². The molecule has 136 valence electrons. The molecule has 2 heterocycles. The molecule has 1 N–H and O–H groups in total. The van der Waals surface area contributed by atoms with Crippen LogP contribution in [-0.2, 0) is 29.6 Å². The number of fused-ring (bicyclic) bond motifs is 1. The SMILES string of the molecule is Cc1cc(-c2cc3c(cc2COC2CCC2)NC(=O)CC3)cn(C)c1=O. The summed E-state index contributed by atoms with van der Waals surface area (Å²) in [6.07, 6.45) is 6.95. The van der Waals surface area contributed by atoms with Gasteiger partial charge in [-0.25, -0.2) is 0 Å². The Morgan fingerprint density at radius 2 is 2.00 bits per heavy atom. The van der Waals surface area contributed by atoms with Crippen LogP contribution in [0.25, 0.3) is 11.1 Å². The number of aryl methyl sites for hydroxylation is 3. The van der Waals surface area contributed by atoms with Crippen LogP contribution in [0.4, 0.5) is 5.69 Å². The van der Waals surface area contributed by atoms with Gasteiger partial charge in [-0.2, -0.15) is 0 Å². The van der Waals surface area contributed by atoms with Crippen LogP contribution in [0.15, 0.2) is 29.2 Å². The molecule has 5 nitrogen and oxygen atoms in total. The monoisotopic (exact) mass is 352 g/mol. The van der Waals surface area contributed by atoms with E-state index in [1.807, 2.05) is 25.3 Å². The molecular formula is C21H24N2O3. The van der Waals surface area contributed by atoms with Crippen molar-refractivity contribution in [1.82, 2.24) is 4.57 Å². The average Bonchev–Trinajstić information content (AvgIpc) is 2.57. The molecule has 2 aliphatic rings. The van der Waals surface area contributed by atoms with Crippen molar-refractivity contribution in [2.24, 2.45) is 7.05 Å². The van der Waals surface area contributed by atoms with E-state index in [-0.39, 0.29) is 11.5 Å². The lowest BCUT2D eigenvalue weighted by Gasteiger charge is -2.27. The van der Waals surface area contributed by atoms with Gasteiger partial charge in [-0.15, -0.1) is 0 Å². The number of carbonyl (C=O) groups is 1. The number of hydrogen-bond acceptors (Lipinski definition) is 3. The van der Waals surface area contributed by atoms with E-state index in [0.717, 1.165) is 52.8 Å². The third-order valence-electron chi connectivity index (χ3n) is 5.42. The van der Waals surface area contributed by atoms with E-state index in [1.54, 1.807) is 11.6 Å². The Morgan fingerprint density at radius 1 is 1.19 bits per heavy atom. The quantitative estimate of drug-likeness (QED) is 0.918. The average molecular weight is 352 g/mol. The number of carbonyl (C=O) groups excluding carboxylic acids is 1. The number of ether oxygens (including phenoxy) is 1. The minimum absolute atomic E-state index is 0.0197. The highest BCUT2D eigenvalue weighted by Gasteiger charge is 2.21. The number of nitrogens with one attached hydrogen (secondary N) is 1. The molecule has 4 rings (SSSR count). The summed E-state index contributed by atoms with van der Waals surface area (Å²) in [6.45, 7) is 2.36. The Morgan fingerprint density at radius 3 is 2.69 bits per heavy atom. The maximum atomic E-state index is 12.1. The molecule has 2 aromatic rings. The normalized spacial score (nSPS) is 16.8. The Balaban J connectivity index is 1.77. The fourth-order valence-electron chi connectivity index (χ4n) is 3.63. The number of rotatable bonds is 4. The first kappa shape index (κ1) is 17.0. The van der Waals surface area contributed by atoms with Crippen LogP contribution in [0.2, 0.25) is 0 Å². The number of pyridine rings is 1. The summed E-state index contributed by atoms with van der Waals surface area (Å²) in [7, 11) is 1.78. The van der Waals surface area contributed by atoms with Crippen molar-refractivity contribution in [2.45, 2.75) is 51.7 Å². The van der Waals surface area contributed by atoms with Crippen LogP contribution in [0.3, 0.4) is 0 Å². The lowest BCUT2D eigenvalue weighted by molar-refractivity contribution is -0.116. The van der Waals surface area contributed by atoms with Gasteiger partial charge in [0, 0.05) is 30.9 Å². The fraction of sp³-hybridized carbons (Fsp3) is 0.429. The maximum absolute atomic E-state index is 12.1. The zero-order chi connectivity index (χ0) is 18.3. The predicted octanol–water partition coefficient (Wildman–Crippen LogP) is 3.31. The molecule has 1 amide bonds. The molecule has 0 unspecified atom stereocenters. The molecule has 1 saturated carbocycles.